The third kappa shape index (κ3) is 12.9. The first-order valence-corrected chi connectivity index (χ1v) is 14.6. The summed E-state index contributed by atoms with van der Waals surface area (Å²) in [5.74, 6) is 0.251. The van der Waals surface area contributed by atoms with Crippen LogP contribution in [0.25, 0.3) is 0 Å². The predicted molar refractivity (Wildman–Crippen MR) is 159 cm³/mol. The van der Waals surface area contributed by atoms with Gasteiger partial charge in [0.15, 0.2) is 0 Å². The number of hydrazine groups is 1. The van der Waals surface area contributed by atoms with Crippen LogP contribution in [0, 0.1) is 0 Å². The van der Waals surface area contributed by atoms with E-state index in [1.54, 1.807) is 56.8 Å². The van der Waals surface area contributed by atoms with Crippen molar-refractivity contribution >= 4 is 29.7 Å². The van der Waals surface area contributed by atoms with Crippen LogP contribution < -0.4 is 21.5 Å². The van der Waals surface area contributed by atoms with Crippen LogP contribution >= 0.6 is 11.8 Å². The van der Waals surface area contributed by atoms with Gasteiger partial charge in [-0.1, -0.05) is 59.7 Å². The number of hydrogen-bond donors (Lipinski definition) is 4. The Balaban J connectivity index is 1.98. The highest BCUT2D eigenvalue weighted by molar-refractivity contribution is 7.99. The summed E-state index contributed by atoms with van der Waals surface area (Å²) in [4.78, 5) is 38.7. The molecular weight excluding hydrogens is 512 g/mol. The summed E-state index contributed by atoms with van der Waals surface area (Å²) in [6.45, 7) is 11.6. The minimum atomic E-state index is -1.01. The van der Waals surface area contributed by atoms with Crippen molar-refractivity contribution in [2.45, 2.75) is 84.9 Å². The third-order valence-electron chi connectivity index (χ3n) is 5.77. The number of nitrogens with one attached hydrogen (secondary N) is 4. The van der Waals surface area contributed by atoms with Gasteiger partial charge in [-0.25, -0.2) is 4.79 Å². The lowest BCUT2D eigenvalue weighted by atomic mass is 10.1. The normalized spacial score (nSPS) is 18.5. The van der Waals surface area contributed by atoms with Crippen molar-refractivity contribution in [2.24, 2.45) is 0 Å². The number of alkyl carbamates (subject to hydrolysis) is 1. The first-order valence-electron chi connectivity index (χ1n) is 13.4. The van der Waals surface area contributed by atoms with Crippen LogP contribution in [0.3, 0.4) is 0 Å². The lowest BCUT2D eigenvalue weighted by molar-refractivity contribution is -0.130. The molecule has 1 aromatic rings. The Hall–Kier alpha value is -3.20. The number of carbonyl (C=O) groups excluding carboxylic acids is 3. The van der Waals surface area contributed by atoms with Crippen molar-refractivity contribution in [1.29, 1.82) is 0 Å². The van der Waals surface area contributed by atoms with Gasteiger partial charge in [-0.3, -0.25) is 15.0 Å². The number of ether oxygens (including phenoxy) is 1. The summed E-state index contributed by atoms with van der Waals surface area (Å²) < 4.78 is 5.35. The molecule has 214 valence electrons. The van der Waals surface area contributed by atoms with Crippen molar-refractivity contribution in [3.05, 3.63) is 71.0 Å². The highest BCUT2D eigenvalue weighted by Gasteiger charge is 2.29. The van der Waals surface area contributed by atoms with E-state index >= 15 is 0 Å². The molecule has 8 nitrogen and oxygen atoms in total. The second-order valence-electron chi connectivity index (χ2n) is 10.8. The van der Waals surface area contributed by atoms with Gasteiger partial charge in [0.1, 0.15) is 17.7 Å². The summed E-state index contributed by atoms with van der Waals surface area (Å²) in [5, 5.41) is 5.46. The maximum absolute atomic E-state index is 13.3. The summed E-state index contributed by atoms with van der Waals surface area (Å²) in [6.07, 6.45) is 9.57. The van der Waals surface area contributed by atoms with Gasteiger partial charge >= 0.3 is 6.09 Å². The van der Waals surface area contributed by atoms with E-state index in [1.807, 2.05) is 6.07 Å². The molecule has 0 aliphatic carbocycles. The molecule has 0 radical (unpaired) electrons. The van der Waals surface area contributed by atoms with Crippen LogP contribution in [-0.2, 0) is 14.3 Å². The van der Waals surface area contributed by atoms with Gasteiger partial charge in [-0.15, -0.1) is 0 Å². The zero-order valence-corrected chi connectivity index (χ0v) is 24.9. The van der Waals surface area contributed by atoms with Gasteiger partial charge in [0.25, 0.3) is 5.91 Å². The van der Waals surface area contributed by atoms with E-state index in [0.29, 0.717) is 17.1 Å². The van der Waals surface area contributed by atoms with Gasteiger partial charge in [0, 0.05) is 17.2 Å². The Morgan fingerprint density at radius 2 is 1.82 bits per heavy atom. The van der Waals surface area contributed by atoms with Gasteiger partial charge in [-0.05, 0) is 72.8 Å². The zero-order chi connectivity index (χ0) is 28.8. The molecule has 1 unspecified atom stereocenters. The van der Waals surface area contributed by atoms with Crippen molar-refractivity contribution in [3.63, 3.8) is 0 Å². The molecule has 0 aromatic heterocycles. The fourth-order valence-corrected chi connectivity index (χ4v) is 4.69. The monoisotopic (exact) mass is 556 g/mol. The Labute approximate surface area is 237 Å². The molecule has 2 atom stereocenters. The van der Waals surface area contributed by atoms with E-state index in [4.69, 9.17) is 4.74 Å². The standard InChI is InChI=1S/C30H44N4O4S/c1-21(2)12-10-13-22(3)14-11-17-24-18-19-39-20-25(27(35)34-33-24)31-28(36)26(23-15-8-7-9-16-23)32-29(37)38-30(4,5)6/h7-9,12,14-16,18,25-26,33H,10-11,13,17,19-20H2,1-6H3,(H,31,36)(H,32,37)(H,34,35)/b22-14+,24-18-/t25-,26?/m0/s1. The SMILES string of the molecule is CC(C)=CCC/C(C)=C/CC/C1=C/CSC[C@H](NC(=O)C(NC(=O)OC(C)(C)C)c2ccccc2)C(=O)NN1. The first-order chi connectivity index (χ1) is 18.4. The minimum Gasteiger partial charge on any atom is -0.444 e. The summed E-state index contributed by atoms with van der Waals surface area (Å²) in [7, 11) is 0. The second kappa shape index (κ2) is 16.0. The highest BCUT2D eigenvalue weighted by Crippen LogP contribution is 2.17. The molecule has 4 N–H and O–H groups in total. The predicted octanol–water partition coefficient (Wildman–Crippen LogP) is 5.46. The molecule has 0 spiro atoms. The number of allylic oxidation sites excluding steroid dienone is 5. The third-order valence-corrected chi connectivity index (χ3v) is 6.74. The molecule has 2 rings (SSSR count). The summed E-state index contributed by atoms with van der Waals surface area (Å²) >= 11 is 1.56. The molecule has 1 heterocycles. The lowest BCUT2D eigenvalue weighted by Crippen LogP contribution is -2.54. The van der Waals surface area contributed by atoms with Crippen LogP contribution in [0.2, 0.25) is 0 Å². The van der Waals surface area contributed by atoms with Crippen LogP contribution in [-0.4, -0.2) is 41.1 Å². The fraction of sp³-hybridized carbons (Fsp3) is 0.500. The lowest BCUT2D eigenvalue weighted by Gasteiger charge is -2.25. The van der Waals surface area contributed by atoms with Crippen molar-refractivity contribution in [1.82, 2.24) is 21.5 Å². The summed E-state index contributed by atoms with van der Waals surface area (Å²) in [5.41, 5.74) is 9.26. The molecular formula is C30H44N4O4S. The topological polar surface area (TPSA) is 109 Å². The van der Waals surface area contributed by atoms with Crippen LogP contribution in [0.15, 0.2) is 65.4 Å². The number of amides is 3. The molecule has 0 fully saturated rings. The van der Waals surface area contributed by atoms with Gasteiger partial charge in [0.05, 0.1) is 0 Å². The molecule has 1 aromatic carbocycles. The maximum atomic E-state index is 13.3. The molecule has 1 aliphatic rings. The van der Waals surface area contributed by atoms with Gasteiger partial charge in [0.2, 0.25) is 5.91 Å². The molecule has 39 heavy (non-hydrogen) atoms. The molecule has 9 heteroatoms. The van der Waals surface area contributed by atoms with E-state index in [9.17, 15) is 14.4 Å². The average Bonchev–Trinajstić information content (AvgIpc) is 2.93. The first kappa shape index (κ1) is 32.0. The second-order valence-corrected chi connectivity index (χ2v) is 11.9. The average molecular weight is 557 g/mol. The van der Waals surface area contributed by atoms with E-state index in [0.717, 1.165) is 31.4 Å². The van der Waals surface area contributed by atoms with Crippen LogP contribution in [0.5, 0.6) is 0 Å². The van der Waals surface area contributed by atoms with Crippen LogP contribution in [0.4, 0.5) is 4.79 Å². The molecule has 3 amide bonds. The minimum absolute atomic E-state index is 0.346. The number of thioether (sulfide) groups is 1. The summed E-state index contributed by atoms with van der Waals surface area (Å²) in [6, 6.07) is 7.08. The van der Waals surface area contributed by atoms with Gasteiger partial charge < -0.3 is 20.8 Å². The largest absolute Gasteiger partial charge is 0.444 e. The Bertz CT molecular complexity index is 1060. The Morgan fingerprint density at radius 1 is 1.10 bits per heavy atom. The van der Waals surface area contributed by atoms with E-state index in [2.05, 4.69) is 60.5 Å². The Morgan fingerprint density at radius 3 is 2.49 bits per heavy atom. The van der Waals surface area contributed by atoms with Gasteiger partial charge in [-0.2, -0.15) is 11.8 Å². The molecule has 0 bridgehead atoms. The van der Waals surface area contributed by atoms with Crippen molar-refractivity contribution in [3.8, 4) is 0 Å². The van der Waals surface area contributed by atoms with Crippen LogP contribution in [0.1, 0.15) is 78.8 Å². The zero-order valence-electron chi connectivity index (χ0n) is 24.1. The number of rotatable bonds is 10. The van der Waals surface area contributed by atoms with E-state index in [1.165, 1.54) is 11.1 Å². The van der Waals surface area contributed by atoms with Crippen molar-refractivity contribution < 1.29 is 19.1 Å². The van der Waals surface area contributed by atoms with Crippen molar-refractivity contribution in [2.75, 3.05) is 11.5 Å². The molecule has 0 saturated heterocycles. The molecule has 1 aliphatic heterocycles. The smallest absolute Gasteiger partial charge is 0.408 e. The fourth-order valence-electron chi connectivity index (χ4n) is 3.76. The van der Waals surface area contributed by atoms with E-state index in [-0.39, 0.29) is 5.91 Å². The highest BCUT2D eigenvalue weighted by atomic mass is 32.2. The maximum Gasteiger partial charge on any atom is 0.408 e. The Kier molecular flexibility index (Phi) is 13.2. The quantitative estimate of drug-likeness (QED) is 0.285. The molecule has 0 saturated carbocycles. The number of carbonyl (C=O) groups is 3. The van der Waals surface area contributed by atoms with E-state index < -0.39 is 29.7 Å². The number of hydrogen-bond acceptors (Lipinski definition) is 6. The number of benzene rings is 1.